The lowest BCUT2D eigenvalue weighted by Gasteiger charge is -1.99. The lowest BCUT2D eigenvalue weighted by atomic mass is 10.2. The molecule has 20 heavy (non-hydrogen) atoms. The Labute approximate surface area is 129 Å². The summed E-state index contributed by atoms with van der Waals surface area (Å²) in [7, 11) is 0. The molecule has 3 aromatic rings. The van der Waals surface area contributed by atoms with Crippen molar-refractivity contribution in [1.82, 2.24) is 15.5 Å². The van der Waals surface area contributed by atoms with Crippen molar-refractivity contribution >= 4 is 27.3 Å². The highest BCUT2D eigenvalue weighted by Crippen LogP contribution is 2.26. The molecule has 0 spiro atoms. The van der Waals surface area contributed by atoms with Crippen molar-refractivity contribution < 1.29 is 4.42 Å². The number of hydrogen-bond acceptors (Lipinski definition) is 5. The fraction of sp³-hybridized carbons (Fsp3) is 0.143. The first-order valence-corrected chi connectivity index (χ1v) is 7.80. The Morgan fingerprint density at radius 3 is 2.80 bits per heavy atom. The Bertz CT molecular complexity index is 681. The molecule has 1 aromatic carbocycles. The second kappa shape index (κ2) is 6.30. The van der Waals surface area contributed by atoms with Gasteiger partial charge < -0.3 is 9.73 Å². The van der Waals surface area contributed by atoms with Gasteiger partial charge in [0, 0.05) is 15.9 Å². The van der Waals surface area contributed by atoms with E-state index in [4.69, 9.17) is 4.42 Å². The molecule has 6 heteroatoms. The van der Waals surface area contributed by atoms with Crippen molar-refractivity contribution in [2.24, 2.45) is 0 Å². The Balaban J connectivity index is 1.64. The molecule has 0 amide bonds. The zero-order valence-electron chi connectivity index (χ0n) is 10.5. The van der Waals surface area contributed by atoms with E-state index < -0.39 is 0 Å². The summed E-state index contributed by atoms with van der Waals surface area (Å²) in [6.07, 6.45) is 0. The monoisotopic (exact) mass is 349 g/mol. The maximum absolute atomic E-state index is 5.66. The van der Waals surface area contributed by atoms with Crippen molar-refractivity contribution in [1.29, 1.82) is 0 Å². The van der Waals surface area contributed by atoms with Crippen LogP contribution in [0.15, 0.2) is 50.7 Å². The molecule has 3 rings (SSSR count). The number of aromatic nitrogens is 2. The van der Waals surface area contributed by atoms with Gasteiger partial charge in [0.05, 0.1) is 12.1 Å². The summed E-state index contributed by atoms with van der Waals surface area (Å²) in [6, 6.07) is 11.9. The summed E-state index contributed by atoms with van der Waals surface area (Å²) in [5.41, 5.74) is 0.907. The summed E-state index contributed by atoms with van der Waals surface area (Å²) in [6.45, 7) is 1.37. The summed E-state index contributed by atoms with van der Waals surface area (Å²) >= 11 is 5.21. The molecule has 1 N–H and O–H groups in total. The SMILES string of the molecule is Brc1ccccc1-c1nnc(CNCc2cccs2)o1. The van der Waals surface area contributed by atoms with Gasteiger partial charge in [-0.25, -0.2) is 0 Å². The van der Waals surface area contributed by atoms with Crippen LogP contribution in [0.1, 0.15) is 10.8 Å². The second-order valence-corrected chi connectivity index (χ2v) is 6.05. The molecule has 0 aliphatic rings. The van der Waals surface area contributed by atoms with E-state index in [1.807, 2.05) is 30.3 Å². The van der Waals surface area contributed by atoms with Gasteiger partial charge in [0.25, 0.3) is 0 Å². The molecule has 0 aliphatic carbocycles. The van der Waals surface area contributed by atoms with Crippen LogP contribution < -0.4 is 5.32 Å². The Morgan fingerprint density at radius 2 is 2.00 bits per heavy atom. The number of nitrogens with zero attached hydrogens (tertiary/aromatic N) is 2. The first-order chi connectivity index (χ1) is 9.83. The summed E-state index contributed by atoms with van der Waals surface area (Å²) in [4.78, 5) is 1.29. The highest BCUT2D eigenvalue weighted by Gasteiger charge is 2.10. The second-order valence-electron chi connectivity index (χ2n) is 4.16. The molecule has 2 aromatic heterocycles. The minimum Gasteiger partial charge on any atom is -0.419 e. The van der Waals surface area contributed by atoms with E-state index >= 15 is 0 Å². The predicted octanol–water partition coefficient (Wildman–Crippen LogP) is 3.85. The largest absolute Gasteiger partial charge is 0.419 e. The van der Waals surface area contributed by atoms with E-state index in [0.717, 1.165) is 16.6 Å². The lowest BCUT2D eigenvalue weighted by molar-refractivity contribution is 0.478. The van der Waals surface area contributed by atoms with Crippen LogP contribution in [0.4, 0.5) is 0 Å². The van der Waals surface area contributed by atoms with Gasteiger partial charge >= 0.3 is 0 Å². The maximum atomic E-state index is 5.66. The molecule has 0 radical (unpaired) electrons. The number of hydrogen-bond donors (Lipinski definition) is 1. The fourth-order valence-electron chi connectivity index (χ4n) is 1.77. The zero-order chi connectivity index (χ0) is 13.8. The Morgan fingerprint density at radius 1 is 1.10 bits per heavy atom. The summed E-state index contributed by atoms with van der Waals surface area (Å²) in [5.74, 6) is 1.12. The molecule has 102 valence electrons. The molecule has 0 bridgehead atoms. The van der Waals surface area contributed by atoms with Crippen LogP contribution in [0.2, 0.25) is 0 Å². The van der Waals surface area contributed by atoms with E-state index in [1.54, 1.807) is 11.3 Å². The smallest absolute Gasteiger partial charge is 0.248 e. The van der Waals surface area contributed by atoms with Gasteiger partial charge in [-0.15, -0.1) is 21.5 Å². The predicted molar refractivity (Wildman–Crippen MR) is 82.3 cm³/mol. The van der Waals surface area contributed by atoms with Crippen molar-refractivity contribution in [3.8, 4) is 11.5 Å². The highest BCUT2D eigenvalue weighted by molar-refractivity contribution is 9.10. The van der Waals surface area contributed by atoms with Gasteiger partial charge in [0.1, 0.15) is 0 Å². The fourth-order valence-corrected chi connectivity index (χ4v) is 2.90. The van der Waals surface area contributed by atoms with Crippen LogP contribution in [0.25, 0.3) is 11.5 Å². The summed E-state index contributed by atoms with van der Waals surface area (Å²) in [5, 5.41) is 13.5. The number of benzene rings is 1. The molecule has 4 nitrogen and oxygen atoms in total. The van der Waals surface area contributed by atoms with Gasteiger partial charge in [-0.05, 0) is 39.5 Å². The quantitative estimate of drug-likeness (QED) is 0.759. The third-order valence-electron chi connectivity index (χ3n) is 2.73. The summed E-state index contributed by atoms with van der Waals surface area (Å²) < 4.78 is 6.60. The van der Waals surface area contributed by atoms with E-state index in [1.165, 1.54) is 4.88 Å². The number of halogens is 1. The van der Waals surface area contributed by atoms with Crippen molar-refractivity contribution in [2.45, 2.75) is 13.1 Å². The number of rotatable bonds is 5. The molecule has 0 unspecified atom stereocenters. The van der Waals surface area contributed by atoms with Crippen LogP contribution in [-0.4, -0.2) is 10.2 Å². The molecule has 0 atom stereocenters. The zero-order valence-corrected chi connectivity index (χ0v) is 12.9. The standard InChI is InChI=1S/C14H12BrN3OS/c15-12-6-2-1-5-11(12)14-18-17-13(19-14)9-16-8-10-4-3-7-20-10/h1-7,16H,8-9H2. The van der Waals surface area contributed by atoms with Crippen LogP contribution in [0.3, 0.4) is 0 Å². The van der Waals surface area contributed by atoms with E-state index in [2.05, 4.69) is 42.9 Å². The van der Waals surface area contributed by atoms with Crippen LogP contribution in [0.5, 0.6) is 0 Å². The molecule has 0 fully saturated rings. The molecule has 0 saturated heterocycles. The first kappa shape index (κ1) is 13.5. The maximum Gasteiger partial charge on any atom is 0.248 e. The van der Waals surface area contributed by atoms with Crippen molar-refractivity contribution in [3.63, 3.8) is 0 Å². The molecular weight excluding hydrogens is 338 g/mol. The first-order valence-electron chi connectivity index (χ1n) is 6.13. The average molecular weight is 350 g/mol. The van der Waals surface area contributed by atoms with Crippen LogP contribution in [-0.2, 0) is 13.1 Å². The van der Waals surface area contributed by atoms with Crippen molar-refractivity contribution in [2.75, 3.05) is 0 Å². The normalized spacial score (nSPS) is 10.8. The van der Waals surface area contributed by atoms with Crippen LogP contribution >= 0.6 is 27.3 Å². The van der Waals surface area contributed by atoms with Gasteiger partial charge in [-0.2, -0.15) is 0 Å². The van der Waals surface area contributed by atoms with Gasteiger partial charge in [0.15, 0.2) is 0 Å². The lowest BCUT2D eigenvalue weighted by Crippen LogP contribution is -2.11. The average Bonchev–Trinajstić information content (AvgIpc) is 3.11. The van der Waals surface area contributed by atoms with Gasteiger partial charge in [0.2, 0.25) is 11.8 Å². The van der Waals surface area contributed by atoms with Gasteiger partial charge in [-0.3, -0.25) is 0 Å². The van der Waals surface area contributed by atoms with Gasteiger partial charge in [-0.1, -0.05) is 18.2 Å². The minimum absolute atomic E-state index is 0.533. The third-order valence-corrected chi connectivity index (χ3v) is 4.29. The van der Waals surface area contributed by atoms with Crippen LogP contribution in [0, 0.1) is 0 Å². The highest BCUT2D eigenvalue weighted by atomic mass is 79.9. The molecule has 0 aliphatic heterocycles. The number of nitrogens with one attached hydrogen (secondary N) is 1. The van der Waals surface area contributed by atoms with E-state index in [-0.39, 0.29) is 0 Å². The molecular formula is C14H12BrN3OS. The van der Waals surface area contributed by atoms with E-state index in [0.29, 0.717) is 18.3 Å². The third kappa shape index (κ3) is 3.15. The van der Waals surface area contributed by atoms with Crippen molar-refractivity contribution in [3.05, 3.63) is 57.0 Å². The Hall–Kier alpha value is -1.50. The number of thiophene rings is 1. The Kier molecular flexibility index (Phi) is 4.25. The van der Waals surface area contributed by atoms with E-state index in [9.17, 15) is 0 Å². The topological polar surface area (TPSA) is 51.0 Å². The molecule has 0 saturated carbocycles. The molecule has 2 heterocycles. The minimum atomic E-state index is 0.533.